The van der Waals surface area contributed by atoms with Crippen molar-refractivity contribution < 1.29 is 19.0 Å². The van der Waals surface area contributed by atoms with E-state index < -0.39 is 6.03 Å². The van der Waals surface area contributed by atoms with E-state index in [-0.39, 0.29) is 0 Å². The summed E-state index contributed by atoms with van der Waals surface area (Å²) in [4.78, 5) is 12.0. The van der Waals surface area contributed by atoms with E-state index in [9.17, 15) is 4.79 Å². The quantitative estimate of drug-likeness (QED) is 0.175. The van der Waals surface area contributed by atoms with Gasteiger partial charge in [-0.3, -0.25) is 0 Å². The molecule has 7 nitrogen and oxygen atoms in total. The monoisotopic (exact) mass is 539 g/mol. The minimum absolute atomic E-state index is 0.342. The fraction of sp³-hybridized carbons (Fsp3) is 0.259. The Bertz CT molecular complexity index is 1170. The molecule has 0 saturated heterocycles. The number of hydrogen-bond acceptors (Lipinski definition) is 5. The van der Waals surface area contributed by atoms with Gasteiger partial charge in [-0.2, -0.15) is 5.10 Å². The second-order valence-electron chi connectivity index (χ2n) is 8.12. The largest absolute Gasteiger partial charge is 0.493 e. The Kier molecular flexibility index (Phi) is 9.55. The van der Waals surface area contributed by atoms with Crippen molar-refractivity contribution in [2.75, 3.05) is 25.6 Å². The fourth-order valence-corrected chi connectivity index (χ4v) is 3.91. The van der Waals surface area contributed by atoms with Gasteiger partial charge in [0.05, 0.1) is 17.8 Å². The summed E-state index contributed by atoms with van der Waals surface area (Å²) in [6, 6.07) is 18.6. The topological polar surface area (TPSA) is 81.2 Å². The summed E-state index contributed by atoms with van der Waals surface area (Å²) < 4.78 is 18.2. The first-order valence-electron chi connectivity index (χ1n) is 11.3. The van der Waals surface area contributed by atoms with Crippen LogP contribution in [0.3, 0.4) is 0 Å². The molecule has 0 atom stereocenters. The van der Waals surface area contributed by atoms with Crippen LogP contribution in [0.25, 0.3) is 0 Å². The lowest BCUT2D eigenvalue weighted by molar-refractivity contribution is 0.209. The van der Waals surface area contributed by atoms with Crippen molar-refractivity contribution in [1.29, 1.82) is 0 Å². The summed E-state index contributed by atoms with van der Waals surface area (Å²) in [6.07, 6.45) is 1.52. The summed E-state index contributed by atoms with van der Waals surface area (Å²) in [6.45, 7) is 7.07. The molecule has 2 amide bonds. The zero-order valence-corrected chi connectivity index (χ0v) is 21.9. The summed E-state index contributed by atoms with van der Waals surface area (Å²) >= 11 is 3.53. The zero-order chi connectivity index (χ0) is 25.2. The number of nitrogens with one attached hydrogen (secondary N) is 2. The summed E-state index contributed by atoms with van der Waals surface area (Å²) in [5.74, 6) is 2.35. The van der Waals surface area contributed by atoms with Gasteiger partial charge in [-0.05, 0) is 75.8 Å². The number of hydrogen-bond donors (Lipinski definition) is 2. The van der Waals surface area contributed by atoms with Crippen LogP contribution >= 0.6 is 15.9 Å². The number of urea groups is 1. The fourth-order valence-electron chi connectivity index (χ4n) is 3.34. The second kappa shape index (κ2) is 12.8. The molecule has 35 heavy (non-hydrogen) atoms. The Morgan fingerprint density at radius 1 is 1.03 bits per heavy atom. The van der Waals surface area contributed by atoms with Gasteiger partial charge in [-0.15, -0.1) is 0 Å². The van der Waals surface area contributed by atoms with Crippen LogP contribution in [-0.4, -0.2) is 32.6 Å². The highest BCUT2D eigenvalue weighted by molar-refractivity contribution is 9.10. The van der Waals surface area contributed by atoms with E-state index in [1.807, 2.05) is 37.3 Å². The van der Waals surface area contributed by atoms with E-state index in [1.165, 1.54) is 11.8 Å². The minimum atomic E-state index is -0.437. The van der Waals surface area contributed by atoms with Crippen LogP contribution in [0, 0.1) is 6.92 Å². The number of aryl methyl sites for hydroxylation is 1. The van der Waals surface area contributed by atoms with Gasteiger partial charge in [0.2, 0.25) is 0 Å². The number of rotatable bonds is 10. The van der Waals surface area contributed by atoms with Gasteiger partial charge in [-0.1, -0.05) is 44.2 Å². The smallest absolute Gasteiger partial charge is 0.339 e. The number of para-hydroxylation sites is 1. The van der Waals surface area contributed by atoms with Crippen molar-refractivity contribution in [2.24, 2.45) is 5.10 Å². The van der Waals surface area contributed by atoms with Crippen LogP contribution in [0.1, 0.15) is 36.5 Å². The van der Waals surface area contributed by atoms with Gasteiger partial charge in [0, 0.05) is 5.69 Å². The Balaban J connectivity index is 1.57. The van der Waals surface area contributed by atoms with Crippen molar-refractivity contribution in [2.45, 2.75) is 26.7 Å². The SMILES string of the molecule is COc1cc(/C=N\NC(=O)Nc2ccccc2)cc(Br)c1OCCOc1cc(C)ccc1C(C)C. The lowest BCUT2D eigenvalue weighted by Crippen LogP contribution is -2.24. The van der Waals surface area contributed by atoms with E-state index in [0.717, 1.165) is 16.9 Å². The molecule has 0 heterocycles. The van der Waals surface area contributed by atoms with Crippen molar-refractivity contribution in [3.8, 4) is 17.2 Å². The Labute approximate surface area is 214 Å². The van der Waals surface area contributed by atoms with Gasteiger partial charge in [0.15, 0.2) is 11.5 Å². The number of halogens is 1. The molecule has 0 aromatic heterocycles. The third-order valence-electron chi connectivity index (χ3n) is 5.04. The molecule has 3 aromatic carbocycles. The number of carbonyl (C=O) groups is 1. The van der Waals surface area contributed by atoms with Gasteiger partial charge >= 0.3 is 6.03 Å². The van der Waals surface area contributed by atoms with Gasteiger partial charge in [0.1, 0.15) is 19.0 Å². The normalized spacial score (nSPS) is 10.9. The molecule has 8 heteroatoms. The molecule has 184 valence electrons. The number of amides is 2. The average molecular weight is 540 g/mol. The van der Waals surface area contributed by atoms with Gasteiger partial charge in [0.25, 0.3) is 0 Å². The predicted molar refractivity (Wildman–Crippen MR) is 143 cm³/mol. The van der Waals surface area contributed by atoms with E-state index in [4.69, 9.17) is 14.2 Å². The molecule has 0 saturated carbocycles. The molecule has 0 bridgehead atoms. The first-order chi connectivity index (χ1) is 16.9. The van der Waals surface area contributed by atoms with Crippen molar-refractivity contribution >= 4 is 33.9 Å². The molecule has 0 radical (unpaired) electrons. The standard InChI is InChI=1S/C27H30BrN3O4/c1-18(2)22-11-10-19(3)14-24(22)34-12-13-35-26-23(28)15-20(16-25(26)33-4)17-29-31-27(32)30-21-8-6-5-7-9-21/h5-11,14-18H,12-13H2,1-4H3,(H2,30,31,32)/b29-17-. The number of anilines is 1. The summed E-state index contributed by atoms with van der Waals surface area (Å²) in [7, 11) is 1.57. The van der Waals surface area contributed by atoms with Crippen LogP contribution < -0.4 is 25.0 Å². The van der Waals surface area contributed by atoms with Gasteiger partial charge in [-0.25, -0.2) is 10.2 Å². The number of carbonyl (C=O) groups excluding carboxylic acids is 1. The Morgan fingerprint density at radius 2 is 1.77 bits per heavy atom. The molecule has 0 aliphatic rings. The first-order valence-corrected chi connectivity index (χ1v) is 12.1. The van der Waals surface area contributed by atoms with E-state index in [1.54, 1.807) is 25.3 Å². The van der Waals surface area contributed by atoms with Crippen molar-refractivity contribution in [3.63, 3.8) is 0 Å². The summed E-state index contributed by atoms with van der Waals surface area (Å²) in [5.41, 5.74) is 6.16. The molecule has 0 fully saturated rings. The van der Waals surface area contributed by atoms with Crippen molar-refractivity contribution in [3.05, 3.63) is 81.8 Å². The van der Waals surface area contributed by atoms with Crippen molar-refractivity contribution in [1.82, 2.24) is 5.43 Å². The molecule has 3 rings (SSSR count). The Morgan fingerprint density at radius 3 is 2.49 bits per heavy atom. The van der Waals surface area contributed by atoms with Gasteiger partial charge < -0.3 is 19.5 Å². The third-order valence-corrected chi connectivity index (χ3v) is 5.63. The molecular weight excluding hydrogens is 510 g/mol. The average Bonchev–Trinajstić information content (AvgIpc) is 2.83. The molecule has 0 aliphatic carbocycles. The highest BCUT2D eigenvalue weighted by Crippen LogP contribution is 2.36. The molecule has 0 unspecified atom stereocenters. The van der Waals surface area contributed by atoms with E-state index >= 15 is 0 Å². The number of hydrazone groups is 1. The minimum Gasteiger partial charge on any atom is -0.493 e. The summed E-state index contributed by atoms with van der Waals surface area (Å²) in [5, 5.41) is 6.69. The van der Waals surface area contributed by atoms with E-state index in [2.05, 4.69) is 57.8 Å². The number of ether oxygens (including phenoxy) is 3. The van der Waals surface area contributed by atoms with Crippen LogP contribution in [0.4, 0.5) is 10.5 Å². The molecule has 0 aliphatic heterocycles. The molecule has 0 spiro atoms. The highest BCUT2D eigenvalue weighted by Gasteiger charge is 2.13. The maximum atomic E-state index is 12.0. The number of benzene rings is 3. The predicted octanol–water partition coefficient (Wildman–Crippen LogP) is 6.50. The lowest BCUT2D eigenvalue weighted by Gasteiger charge is -2.16. The molecule has 2 N–H and O–H groups in total. The highest BCUT2D eigenvalue weighted by atomic mass is 79.9. The van der Waals surface area contributed by atoms with Crippen LogP contribution in [0.5, 0.6) is 17.2 Å². The van der Waals surface area contributed by atoms with Crippen LogP contribution in [0.2, 0.25) is 0 Å². The second-order valence-corrected chi connectivity index (χ2v) is 8.97. The number of nitrogens with zero attached hydrogens (tertiary/aromatic N) is 1. The number of methoxy groups -OCH3 is 1. The zero-order valence-electron chi connectivity index (χ0n) is 20.3. The maximum Gasteiger partial charge on any atom is 0.339 e. The molecule has 3 aromatic rings. The molecular formula is C27H30BrN3O4. The first kappa shape index (κ1) is 26.1. The van der Waals surface area contributed by atoms with Crippen LogP contribution in [0.15, 0.2) is 70.2 Å². The maximum absolute atomic E-state index is 12.0. The lowest BCUT2D eigenvalue weighted by atomic mass is 10.0. The third kappa shape index (κ3) is 7.75. The van der Waals surface area contributed by atoms with E-state index in [0.29, 0.717) is 40.8 Å². The Hall–Kier alpha value is -3.52. The van der Waals surface area contributed by atoms with Crippen LogP contribution in [-0.2, 0) is 0 Å².